The SMILES string of the molecule is Cc1nn(C)c2ncc(NC(=O)N(C=O)c3ccc(F)c(C(F)(F)F)c3)c(N(C)C)c12. The summed E-state index contributed by atoms with van der Waals surface area (Å²) in [6, 6.07) is 0.793. The van der Waals surface area contributed by atoms with Gasteiger partial charge in [-0.05, 0) is 25.1 Å². The van der Waals surface area contributed by atoms with Crippen LogP contribution >= 0.6 is 0 Å². The smallest absolute Gasteiger partial charge is 0.375 e. The molecular formula is C19H18F4N6O2. The molecule has 12 heteroatoms. The Bertz CT molecular complexity index is 1170. The summed E-state index contributed by atoms with van der Waals surface area (Å²) in [6.45, 7) is 1.76. The van der Waals surface area contributed by atoms with Crippen LogP contribution in [-0.4, -0.2) is 41.3 Å². The van der Waals surface area contributed by atoms with E-state index in [1.165, 1.54) is 6.20 Å². The van der Waals surface area contributed by atoms with Crippen molar-refractivity contribution in [2.24, 2.45) is 7.05 Å². The molecule has 1 aromatic carbocycles. The average molecular weight is 438 g/mol. The summed E-state index contributed by atoms with van der Waals surface area (Å²) in [4.78, 5) is 30.6. The van der Waals surface area contributed by atoms with Crippen LogP contribution < -0.4 is 15.1 Å². The maximum absolute atomic E-state index is 13.6. The molecule has 3 rings (SSSR count). The molecule has 0 aliphatic carbocycles. The summed E-state index contributed by atoms with van der Waals surface area (Å²) in [5.41, 5.74) is -0.0781. The van der Waals surface area contributed by atoms with Crippen molar-refractivity contribution in [3.05, 3.63) is 41.5 Å². The number of rotatable bonds is 4. The Morgan fingerprint density at radius 2 is 1.94 bits per heavy atom. The van der Waals surface area contributed by atoms with Crippen molar-refractivity contribution >= 4 is 40.5 Å². The van der Waals surface area contributed by atoms with Gasteiger partial charge >= 0.3 is 12.2 Å². The van der Waals surface area contributed by atoms with Crippen molar-refractivity contribution < 1.29 is 27.2 Å². The van der Waals surface area contributed by atoms with Gasteiger partial charge in [-0.3, -0.25) is 9.48 Å². The highest BCUT2D eigenvalue weighted by atomic mass is 19.4. The molecule has 0 unspecified atom stereocenters. The second-order valence-corrected chi connectivity index (χ2v) is 6.89. The molecular weight excluding hydrogens is 420 g/mol. The third-order valence-electron chi connectivity index (χ3n) is 4.55. The number of urea groups is 1. The number of carbonyl (C=O) groups is 2. The Balaban J connectivity index is 2.02. The summed E-state index contributed by atoms with van der Waals surface area (Å²) in [5, 5.41) is 7.44. The number of aromatic nitrogens is 3. The van der Waals surface area contributed by atoms with Gasteiger partial charge in [0.2, 0.25) is 6.41 Å². The maximum atomic E-state index is 13.6. The van der Waals surface area contributed by atoms with E-state index in [0.717, 1.165) is 6.07 Å². The highest BCUT2D eigenvalue weighted by Gasteiger charge is 2.35. The number of amides is 3. The molecule has 8 nitrogen and oxygen atoms in total. The zero-order valence-corrected chi connectivity index (χ0v) is 17.0. The van der Waals surface area contributed by atoms with Gasteiger partial charge in [0, 0.05) is 21.1 Å². The van der Waals surface area contributed by atoms with Crippen LogP contribution in [0.2, 0.25) is 0 Å². The largest absolute Gasteiger partial charge is 0.419 e. The van der Waals surface area contributed by atoms with Crippen LogP contribution in [0.5, 0.6) is 0 Å². The lowest BCUT2D eigenvalue weighted by Gasteiger charge is -2.22. The number of halogens is 4. The lowest BCUT2D eigenvalue weighted by molar-refractivity contribution is -0.140. The van der Waals surface area contributed by atoms with Gasteiger partial charge in [-0.1, -0.05) is 0 Å². The molecule has 3 aromatic rings. The molecule has 0 spiro atoms. The van der Waals surface area contributed by atoms with Gasteiger partial charge in [0.25, 0.3) is 0 Å². The highest BCUT2D eigenvalue weighted by Crippen LogP contribution is 2.36. The Hall–Kier alpha value is -3.70. The van der Waals surface area contributed by atoms with Crippen LogP contribution in [0.25, 0.3) is 11.0 Å². The number of nitrogens with zero attached hydrogens (tertiary/aromatic N) is 5. The maximum Gasteiger partial charge on any atom is 0.419 e. The molecule has 0 aliphatic rings. The quantitative estimate of drug-likeness (QED) is 0.496. The van der Waals surface area contributed by atoms with Crippen molar-refractivity contribution in [1.29, 1.82) is 0 Å². The minimum Gasteiger partial charge on any atom is -0.375 e. The van der Waals surface area contributed by atoms with E-state index in [9.17, 15) is 27.2 Å². The fourth-order valence-electron chi connectivity index (χ4n) is 3.23. The fraction of sp³-hybridized carbons (Fsp3) is 0.263. The van der Waals surface area contributed by atoms with E-state index in [4.69, 9.17) is 0 Å². The molecule has 0 radical (unpaired) electrons. The average Bonchev–Trinajstić information content (AvgIpc) is 2.96. The fourth-order valence-corrected chi connectivity index (χ4v) is 3.23. The molecule has 0 saturated heterocycles. The number of hydrogen-bond acceptors (Lipinski definition) is 5. The van der Waals surface area contributed by atoms with E-state index in [-0.39, 0.29) is 12.1 Å². The van der Waals surface area contributed by atoms with E-state index in [1.807, 2.05) is 0 Å². The lowest BCUT2D eigenvalue weighted by atomic mass is 10.1. The highest BCUT2D eigenvalue weighted by molar-refractivity contribution is 6.14. The second kappa shape index (κ2) is 7.85. The second-order valence-electron chi connectivity index (χ2n) is 6.89. The lowest BCUT2D eigenvalue weighted by Crippen LogP contribution is -2.34. The van der Waals surface area contributed by atoms with Crippen LogP contribution in [0.3, 0.4) is 0 Å². The van der Waals surface area contributed by atoms with Gasteiger partial charge in [0.05, 0.1) is 39.9 Å². The van der Waals surface area contributed by atoms with E-state index >= 15 is 0 Å². The van der Waals surface area contributed by atoms with Crippen molar-refractivity contribution in [3.8, 4) is 0 Å². The minimum atomic E-state index is -4.99. The van der Waals surface area contributed by atoms with E-state index in [1.54, 1.807) is 37.6 Å². The molecule has 164 valence electrons. The van der Waals surface area contributed by atoms with Gasteiger partial charge in [-0.15, -0.1) is 0 Å². The predicted molar refractivity (Wildman–Crippen MR) is 107 cm³/mol. The van der Waals surface area contributed by atoms with Crippen LogP contribution in [0, 0.1) is 12.7 Å². The standard InChI is InChI=1S/C19H18F4N6O2/c1-10-15-16(27(2)3)14(8-24-17(15)28(4)26-10)25-18(31)29(9-30)11-5-6-13(20)12(7-11)19(21,22)23/h5-9H,1-4H3,(H,25,31). The van der Waals surface area contributed by atoms with Crippen molar-refractivity contribution in [2.45, 2.75) is 13.1 Å². The minimum absolute atomic E-state index is 0.0410. The van der Waals surface area contributed by atoms with E-state index in [2.05, 4.69) is 15.4 Å². The first-order valence-electron chi connectivity index (χ1n) is 8.87. The third kappa shape index (κ3) is 4.00. The van der Waals surface area contributed by atoms with Gasteiger partial charge in [-0.2, -0.15) is 18.3 Å². The molecule has 2 aromatic heterocycles. The van der Waals surface area contributed by atoms with Gasteiger partial charge in [0.1, 0.15) is 5.82 Å². The van der Waals surface area contributed by atoms with Crippen LogP contribution in [0.15, 0.2) is 24.4 Å². The Labute approximate surface area is 174 Å². The first-order chi connectivity index (χ1) is 14.5. The normalized spacial score (nSPS) is 11.5. The third-order valence-corrected chi connectivity index (χ3v) is 4.55. The van der Waals surface area contributed by atoms with Crippen LogP contribution in [-0.2, 0) is 18.0 Å². The number of alkyl halides is 3. The summed E-state index contributed by atoms with van der Waals surface area (Å²) in [7, 11) is 5.16. The van der Waals surface area contributed by atoms with Crippen LogP contribution in [0.1, 0.15) is 11.3 Å². The van der Waals surface area contributed by atoms with Gasteiger partial charge < -0.3 is 10.2 Å². The summed E-state index contributed by atoms with van der Waals surface area (Å²) in [6.07, 6.45) is -3.60. The molecule has 0 aliphatic heterocycles. The number of nitrogens with one attached hydrogen (secondary N) is 1. The number of hydrogen-bond donors (Lipinski definition) is 1. The van der Waals surface area contributed by atoms with Crippen molar-refractivity contribution in [3.63, 3.8) is 0 Å². The molecule has 0 saturated carbocycles. The molecule has 0 fully saturated rings. The zero-order valence-electron chi connectivity index (χ0n) is 17.0. The number of anilines is 3. The molecule has 3 amide bonds. The van der Waals surface area contributed by atoms with E-state index < -0.39 is 29.3 Å². The van der Waals surface area contributed by atoms with Crippen LogP contribution in [0.4, 0.5) is 39.4 Å². The van der Waals surface area contributed by atoms with Crippen molar-refractivity contribution in [2.75, 3.05) is 29.2 Å². The predicted octanol–water partition coefficient (Wildman–Crippen LogP) is 3.70. The number of imide groups is 1. The number of carbonyl (C=O) groups excluding carboxylic acids is 2. The Kier molecular flexibility index (Phi) is 5.57. The van der Waals surface area contributed by atoms with Gasteiger partial charge in [-0.25, -0.2) is 19.1 Å². The zero-order chi connectivity index (χ0) is 23.1. The first-order valence-corrected chi connectivity index (χ1v) is 8.87. The van der Waals surface area contributed by atoms with E-state index in [0.29, 0.717) is 39.4 Å². The monoisotopic (exact) mass is 438 g/mol. The Morgan fingerprint density at radius 1 is 1.26 bits per heavy atom. The first kappa shape index (κ1) is 22.0. The number of fused-ring (bicyclic) bond motifs is 1. The molecule has 1 N–H and O–H groups in total. The Morgan fingerprint density at radius 3 is 2.52 bits per heavy atom. The number of pyridine rings is 1. The summed E-state index contributed by atoms with van der Waals surface area (Å²) < 4.78 is 54.1. The number of benzene rings is 1. The van der Waals surface area contributed by atoms with Gasteiger partial charge in [0.15, 0.2) is 5.65 Å². The molecule has 0 bridgehead atoms. The summed E-state index contributed by atoms with van der Waals surface area (Å²) in [5.74, 6) is -1.51. The molecule has 2 heterocycles. The molecule has 0 atom stereocenters. The summed E-state index contributed by atoms with van der Waals surface area (Å²) >= 11 is 0. The molecule has 31 heavy (non-hydrogen) atoms. The number of aryl methyl sites for hydroxylation is 2. The topological polar surface area (TPSA) is 83.4 Å². The van der Waals surface area contributed by atoms with Crippen molar-refractivity contribution in [1.82, 2.24) is 14.8 Å².